The van der Waals surface area contributed by atoms with E-state index in [1.807, 2.05) is 27.1 Å². The topological polar surface area (TPSA) is 87.5 Å². The molecular formula is C13H22N4O3. The Kier molecular flexibility index (Phi) is 6.02. The number of aliphatic carboxylic acids is 1. The van der Waals surface area contributed by atoms with E-state index in [9.17, 15) is 9.59 Å². The highest BCUT2D eigenvalue weighted by Gasteiger charge is 2.17. The van der Waals surface area contributed by atoms with Gasteiger partial charge in [0.1, 0.15) is 0 Å². The van der Waals surface area contributed by atoms with Gasteiger partial charge in [0.05, 0.1) is 12.6 Å². The maximum atomic E-state index is 12.0. The van der Waals surface area contributed by atoms with Crippen molar-refractivity contribution in [1.82, 2.24) is 20.0 Å². The van der Waals surface area contributed by atoms with Crippen LogP contribution in [0.3, 0.4) is 0 Å². The predicted octanol–water partition coefficient (Wildman–Crippen LogP) is 0.857. The normalized spacial score (nSPS) is 10.6. The molecule has 1 aromatic rings. The zero-order valence-corrected chi connectivity index (χ0v) is 12.2. The molecule has 20 heavy (non-hydrogen) atoms. The molecule has 0 aromatic carbocycles. The molecule has 0 bridgehead atoms. The van der Waals surface area contributed by atoms with Crippen LogP contribution < -0.4 is 5.32 Å². The van der Waals surface area contributed by atoms with Gasteiger partial charge in [-0.1, -0.05) is 0 Å². The Labute approximate surface area is 118 Å². The average molecular weight is 282 g/mol. The fraction of sp³-hybridized carbons (Fsp3) is 0.615. The first-order valence-corrected chi connectivity index (χ1v) is 6.64. The number of carboxylic acid groups (broad SMARTS) is 1. The first-order chi connectivity index (χ1) is 9.40. The molecule has 0 aliphatic rings. The van der Waals surface area contributed by atoms with E-state index in [4.69, 9.17) is 5.11 Å². The number of amides is 2. The summed E-state index contributed by atoms with van der Waals surface area (Å²) in [4.78, 5) is 24.1. The van der Waals surface area contributed by atoms with Crippen LogP contribution in [-0.2, 0) is 18.3 Å². The van der Waals surface area contributed by atoms with Crippen LogP contribution in [0.4, 0.5) is 4.79 Å². The van der Waals surface area contributed by atoms with Gasteiger partial charge in [-0.15, -0.1) is 0 Å². The molecule has 112 valence electrons. The third kappa shape index (κ3) is 5.29. The van der Waals surface area contributed by atoms with Gasteiger partial charge in [0, 0.05) is 32.4 Å². The Morgan fingerprint density at radius 1 is 1.50 bits per heavy atom. The molecule has 0 saturated carbocycles. The summed E-state index contributed by atoms with van der Waals surface area (Å²) >= 11 is 0. The van der Waals surface area contributed by atoms with E-state index in [1.165, 1.54) is 4.90 Å². The molecule has 7 heteroatoms. The van der Waals surface area contributed by atoms with Crippen LogP contribution in [0, 0.1) is 0 Å². The van der Waals surface area contributed by atoms with E-state index in [-0.39, 0.29) is 25.0 Å². The maximum absolute atomic E-state index is 12.0. The van der Waals surface area contributed by atoms with Crippen LogP contribution in [0.1, 0.15) is 25.8 Å². The van der Waals surface area contributed by atoms with Gasteiger partial charge in [-0.2, -0.15) is 5.10 Å². The Bertz CT molecular complexity index is 456. The molecule has 0 aliphatic heterocycles. The van der Waals surface area contributed by atoms with Gasteiger partial charge >= 0.3 is 12.0 Å². The summed E-state index contributed by atoms with van der Waals surface area (Å²) in [5.74, 6) is -0.904. The van der Waals surface area contributed by atoms with E-state index in [2.05, 4.69) is 10.4 Å². The van der Waals surface area contributed by atoms with Crippen LogP contribution in [0.15, 0.2) is 12.4 Å². The van der Waals surface area contributed by atoms with Crippen LogP contribution in [0.2, 0.25) is 0 Å². The number of nitrogens with zero attached hydrogens (tertiary/aromatic N) is 3. The summed E-state index contributed by atoms with van der Waals surface area (Å²) in [7, 11) is 1.84. The Morgan fingerprint density at radius 2 is 2.20 bits per heavy atom. The SMILES string of the molecule is CC(C)N(CCC(=O)O)C(=O)NCCc1cnn(C)c1. The lowest BCUT2D eigenvalue weighted by molar-refractivity contribution is -0.137. The lowest BCUT2D eigenvalue weighted by Crippen LogP contribution is -2.45. The van der Waals surface area contributed by atoms with Crippen LogP contribution >= 0.6 is 0 Å². The van der Waals surface area contributed by atoms with Gasteiger partial charge in [-0.3, -0.25) is 9.48 Å². The van der Waals surface area contributed by atoms with Gasteiger partial charge in [-0.25, -0.2) is 4.79 Å². The maximum Gasteiger partial charge on any atom is 0.317 e. The second-order valence-corrected chi connectivity index (χ2v) is 4.94. The summed E-state index contributed by atoms with van der Waals surface area (Å²) in [5, 5.41) is 15.5. The average Bonchev–Trinajstić information content (AvgIpc) is 2.74. The van der Waals surface area contributed by atoms with Crippen molar-refractivity contribution >= 4 is 12.0 Å². The molecule has 1 rings (SSSR count). The smallest absolute Gasteiger partial charge is 0.317 e. The third-order valence-electron chi connectivity index (χ3n) is 2.90. The predicted molar refractivity (Wildman–Crippen MR) is 74.4 cm³/mol. The number of nitrogens with one attached hydrogen (secondary N) is 1. The minimum absolute atomic E-state index is 0.0345. The molecule has 0 spiro atoms. The standard InChI is InChI=1S/C13H22N4O3/c1-10(2)17(7-5-12(18)19)13(20)14-6-4-11-8-15-16(3)9-11/h8-10H,4-7H2,1-3H3,(H,14,20)(H,18,19). The molecular weight excluding hydrogens is 260 g/mol. The molecule has 0 fully saturated rings. The number of carbonyl (C=O) groups excluding carboxylic acids is 1. The zero-order chi connectivity index (χ0) is 15.1. The lowest BCUT2D eigenvalue weighted by atomic mass is 10.2. The molecule has 1 heterocycles. The van der Waals surface area contributed by atoms with Gasteiger partial charge in [0.15, 0.2) is 0 Å². The van der Waals surface area contributed by atoms with Crippen LogP contribution in [0.5, 0.6) is 0 Å². The number of carboxylic acids is 1. The molecule has 2 N–H and O–H groups in total. The van der Waals surface area contributed by atoms with Crippen LogP contribution in [-0.4, -0.2) is 50.9 Å². The Hall–Kier alpha value is -2.05. The number of hydrogen-bond acceptors (Lipinski definition) is 3. The van der Waals surface area contributed by atoms with Crippen molar-refractivity contribution in [2.45, 2.75) is 32.7 Å². The zero-order valence-electron chi connectivity index (χ0n) is 12.2. The van der Waals surface area contributed by atoms with E-state index in [0.717, 1.165) is 5.56 Å². The van der Waals surface area contributed by atoms with E-state index in [1.54, 1.807) is 10.9 Å². The third-order valence-corrected chi connectivity index (χ3v) is 2.90. The largest absolute Gasteiger partial charge is 0.481 e. The molecule has 0 aliphatic carbocycles. The van der Waals surface area contributed by atoms with Crippen molar-refractivity contribution in [3.63, 3.8) is 0 Å². The van der Waals surface area contributed by atoms with Crippen molar-refractivity contribution in [1.29, 1.82) is 0 Å². The summed E-state index contributed by atoms with van der Waals surface area (Å²) in [6.07, 6.45) is 4.31. The minimum atomic E-state index is -0.904. The highest BCUT2D eigenvalue weighted by Crippen LogP contribution is 2.01. The minimum Gasteiger partial charge on any atom is -0.481 e. The second-order valence-electron chi connectivity index (χ2n) is 4.94. The van der Waals surface area contributed by atoms with Gasteiger partial charge in [0.25, 0.3) is 0 Å². The molecule has 0 atom stereocenters. The van der Waals surface area contributed by atoms with Crippen molar-refractivity contribution in [3.8, 4) is 0 Å². The first-order valence-electron chi connectivity index (χ1n) is 6.64. The number of carbonyl (C=O) groups is 2. The number of aromatic nitrogens is 2. The molecule has 1 aromatic heterocycles. The fourth-order valence-electron chi connectivity index (χ4n) is 1.83. The van der Waals surface area contributed by atoms with Crippen molar-refractivity contribution in [2.24, 2.45) is 7.05 Å². The number of urea groups is 1. The van der Waals surface area contributed by atoms with Crippen molar-refractivity contribution in [3.05, 3.63) is 18.0 Å². The van der Waals surface area contributed by atoms with Crippen molar-refractivity contribution in [2.75, 3.05) is 13.1 Å². The Morgan fingerprint density at radius 3 is 2.70 bits per heavy atom. The van der Waals surface area contributed by atoms with Crippen LogP contribution in [0.25, 0.3) is 0 Å². The molecule has 7 nitrogen and oxygen atoms in total. The summed E-state index contributed by atoms with van der Waals surface area (Å²) in [6, 6.07) is -0.266. The number of rotatable bonds is 7. The van der Waals surface area contributed by atoms with Gasteiger partial charge < -0.3 is 15.3 Å². The summed E-state index contributed by atoms with van der Waals surface area (Å²) < 4.78 is 1.71. The first kappa shape index (κ1) is 16.0. The van der Waals surface area contributed by atoms with E-state index >= 15 is 0 Å². The summed E-state index contributed by atoms with van der Waals surface area (Å²) in [5.41, 5.74) is 1.05. The second kappa shape index (κ2) is 7.52. The molecule has 0 unspecified atom stereocenters. The molecule has 2 amide bonds. The van der Waals surface area contributed by atoms with Gasteiger partial charge in [0.2, 0.25) is 0 Å². The summed E-state index contributed by atoms with van der Waals surface area (Å²) in [6.45, 7) is 4.44. The highest BCUT2D eigenvalue weighted by molar-refractivity contribution is 5.75. The molecule has 0 saturated heterocycles. The van der Waals surface area contributed by atoms with E-state index in [0.29, 0.717) is 13.0 Å². The Balaban J connectivity index is 2.39. The van der Waals surface area contributed by atoms with E-state index < -0.39 is 5.97 Å². The fourth-order valence-corrected chi connectivity index (χ4v) is 1.83. The monoisotopic (exact) mass is 282 g/mol. The lowest BCUT2D eigenvalue weighted by Gasteiger charge is -2.26. The van der Waals surface area contributed by atoms with Crippen molar-refractivity contribution < 1.29 is 14.7 Å². The number of hydrogen-bond donors (Lipinski definition) is 2. The number of aryl methyl sites for hydroxylation is 1. The highest BCUT2D eigenvalue weighted by atomic mass is 16.4. The quantitative estimate of drug-likeness (QED) is 0.776. The molecule has 0 radical (unpaired) electrons. The van der Waals surface area contributed by atoms with Gasteiger partial charge in [-0.05, 0) is 25.8 Å².